The van der Waals surface area contributed by atoms with E-state index in [4.69, 9.17) is 4.42 Å². The van der Waals surface area contributed by atoms with Crippen LogP contribution in [0.5, 0.6) is 0 Å². The average Bonchev–Trinajstić information content (AvgIpc) is 2.81. The summed E-state index contributed by atoms with van der Waals surface area (Å²) in [6.45, 7) is 1.89. The van der Waals surface area contributed by atoms with E-state index in [9.17, 15) is 9.18 Å². The van der Waals surface area contributed by atoms with Gasteiger partial charge in [-0.3, -0.25) is 4.79 Å². The molecule has 100 valence electrons. The molecule has 2 aromatic rings. The van der Waals surface area contributed by atoms with Gasteiger partial charge in [0.15, 0.2) is 0 Å². The van der Waals surface area contributed by atoms with Gasteiger partial charge in [-0.2, -0.15) is 0 Å². The van der Waals surface area contributed by atoms with Crippen molar-refractivity contribution in [2.75, 3.05) is 12.4 Å². The number of carbonyl (C=O) groups is 1. The molecule has 1 amide bonds. The Morgan fingerprint density at radius 1 is 1.42 bits per heavy atom. The fraction of sp³-hybridized carbons (Fsp3) is 0.250. The summed E-state index contributed by atoms with van der Waals surface area (Å²) in [7, 11) is 1.61. The van der Waals surface area contributed by atoms with Gasteiger partial charge in [-0.25, -0.2) is 14.4 Å². The molecule has 2 aromatic heterocycles. The second-order valence-electron chi connectivity index (χ2n) is 3.85. The summed E-state index contributed by atoms with van der Waals surface area (Å²) in [5.74, 6) is 0.333. The fourth-order valence-corrected chi connectivity index (χ4v) is 1.55. The number of rotatable bonds is 4. The van der Waals surface area contributed by atoms with Gasteiger partial charge in [0.2, 0.25) is 5.89 Å². The van der Waals surface area contributed by atoms with Crippen LogP contribution in [0.4, 0.5) is 10.2 Å². The van der Waals surface area contributed by atoms with Crippen molar-refractivity contribution in [3.8, 4) is 0 Å². The van der Waals surface area contributed by atoms with Crippen LogP contribution in [0.1, 0.15) is 22.0 Å². The van der Waals surface area contributed by atoms with Gasteiger partial charge in [-0.1, -0.05) is 0 Å². The number of carbonyl (C=O) groups excluding carboxylic acids is 1. The van der Waals surface area contributed by atoms with Crippen LogP contribution in [0.3, 0.4) is 0 Å². The summed E-state index contributed by atoms with van der Waals surface area (Å²) in [6.07, 6.45) is 2.60. The lowest BCUT2D eigenvalue weighted by Crippen LogP contribution is -2.24. The second-order valence-corrected chi connectivity index (χ2v) is 3.85. The molecule has 0 saturated heterocycles. The van der Waals surface area contributed by atoms with E-state index in [1.54, 1.807) is 20.2 Å². The Morgan fingerprint density at radius 2 is 2.21 bits per heavy atom. The molecule has 0 aliphatic carbocycles. The number of nitrogens with one attached hydrogen (secondary N) is 2. The maximum Gasteiger partial charge on any atom is 0.255 e. The molecule has 2 N–H and O–H groups in total. The molecule has 0 atom stereocenters. The third kappa shape index (κ3) is 3.06. The SMILES string of the molecule is CNc1ncc(F)cc1C(=O)NCc1ncc(C)o1. The number of halogens is 1. The number of pyridine rings is 1. The van der Waals surface area contributed by atoms with Crippen LogP contribution in [0.2, 0.25) is 0 Å². The number of nitrogens with zero attached hydrogens (tertiary/aromatic N) is 2. The van der Waals surface area contributed by atoms with Gasteiger partial charge in [-0.15, -0.1) is 0 Å². The molecule has 0 radical (unpaired) electrons. The van der Waals surface area contributed by atoms with Crippen molar-refractivity contribution in [2.24, 2.45) is 0 Å². The van der Waals surface area contributed by atoms with Crippen molar-refractivity contribution < 1.29 is 13.6 Å². The molecule has 0 aliphatic rings. The number of aryl methyl sites for hydroxylation is 1. The lowest BCUT2D eigenvalue weighted by molar-refractivity contribution is 0.0947. The van der Waals surface area contributed by atoms with E-state index in [-0.39, 0.29) is 12.1 Å². The van der Waals surface area contributed by atoms with Crippen LogP contribution in [-0.2, 0) is 6.54 Å². The van der Waals surface area contributed by atoms with Crippen molar-refractivity contribution in [1.29, 1.82) is 0 Å². The predicted octanol–water partition coefficient (Wildman–Crippen LogP) is 1.49. The topological polar surface area (TPSA) is 80.0 Å². The number of hydrogen-bond donors (Lipinski definition) is 2. The van der Waals surface area contributed by atoms with Crippen molar-refractivity contribution >= 4 is 11.7 Å². The van der Waals surface area contributed by atoms with E-state index in [1.165, 1.54) is 0 Å². The summed E-state index contributed by atoms with van der Waals surface area (Å²) < 4.78 is 18.3. The van der Waals surface area contributed by atoms with Crippen LogP contribution in [0.25, 0.3) is 0 Å². The van der Waals surface area contributed by atoms with Crippen molar-refractivity contribution in [2.45, 2.75) is 13.5 Å². The van der Waals surface area contributed by atoms with E-state index in [0.717, 1.165) is 12.3 Å². The van der Waals surface area contributed by atoms with Crippen LogP contribution in [0.15, 0.2) is 22.9 Å². The Kier molecular flexibility index (Phi) is 3.74. The highest BCUT2D eigenvalue weighted by atomic mass is 19.1. The normalized spacial score (nSPS) is 10.3. The number of hydrogen-bond acceptors (Lipinski definition) is 5. The molecular weight excluding hydrogens is 251 g/mol. The smallest absolute Gasteiger partial charge is 0.255 e. The monoisotopic (exact) mass is 264 g/mol. The minimum absolute atomic E-state index is 0.130. The van der Waals surface area contributed by atoms with Crippen LogP contribution >= 0.6 is 0 Å². The highest BCUT2D eigenvalue weighted by molar-refractivity contribution is 5.98. The zero-order valence-corrected chi connectivity index (χ0v) is 10.5. The highest BCUT2D eigenvalue weighted by Gasteiger charge is 2.13. The zero-order chi connectivity index (χ0) is 13.8. The molecule has 0 aliphatic heterocycles. The summed E-state index contributed by atoms with van der Waals surface area (Å²) in [4.78, 5) is 19.7. The molecule has 0 saturated carbocycles. The highest BCUT2D eigenvalue weighted by Crippen LogP contribution is 2.13. The Hall–Kier alpha value is -2.44. The van der Waals surface area contributed by atoms with E-state index < -0.39 is 11.7 Å². The standard InChI is InChI=1S/C12H13FN4O2/c1-7-4-15-10(19-7)6-17-12(18)9-3-8(13)5-16-11(9)14-2/h3-5H,6H2,1-2H3,(H,14,16)(H,17,18). The molecule has 0 fully saturated rings. The average molecular weight is 264 g/mol. The van der Waals surface area contributed by atoms with Gasteiger partial charge in [0, 0.05) is 7.05 Å². The van der Waals surface area contributed by atoms with Gasteiger partial charge >= 0.3 is 0 Å². The van der Waals surface area contributed by atoms with Gasteiger partial charge < -0.3 is 15.1 Å². The predicted molar refractivity (Wildman–Crippen MR) is 66.2 cm³/mol. The van der Waals surface area contributed by atoms with E-state index in [0.29, 0.717) is 17.5 Å². The Morgan fingerprint density at radius 3 is 2.84 bits per heavy atom. The molecule has 0 aromatic carbocycles. The van der Waals surface area contributed by atoms with Gasteiger partial charge in [0.05, 0.1) is 24.5 Å². The molecule has 7 heteroatoms. The van der Waals surface area contributed by atoms with E-state index in [2.05, 4.69) is 20.6 Å². The minimum Gasteiger partial charge on any atom is -0.444 e. The molecule has 0 unspecified atom stereocenters. The lowest BCUT2D eigenvalue weighted by Gasteiger charge is -2.07. The quantitative estimate of drug-likeness (QED) is 0.874. The first-order chi connectivity index (χ1) is 9.10. The van der Waals surface area contributed by atoms with Crippen LogP contribution < -0.4 is 10.6 Å². The molecule has 2 rings (SSSR count). The molecule has 0 bridgehead atoms. The zero-order valence-electron chi connectivity index (χ0n) is 10.5. The van der Waals surface area contributed by atoms with Crippen molar-refractivity contribution in [1.82, 2.24) is 15.3 Å². The fourth-order valence-electron chi connectivity index (χ4n) is 1.55. The number of anilines is 1. The Balaban J connectivity index is 2.09. The third-order valence-corrected chi connectivity index (χ3v) is 2.41. The largest absolute Gasteiger partial charge is 0.444 e. The maximum absolute atomic E-state index is 13.1. The maximum atomic E-state index is 13.1. The second kappa shape index (κ2) is 5.47. The Labute approximate surface area is 109 Å². The van der Waals surface area contributed by atoms with Crippen LogP contribution in [-0.4, -0.2) is 22.9 Å². The molecular formula is C12H13FN4O2. The van der Waals surface area contributed by atoms with Gasteiger partial charge in [-0.05, 0) is 13.0 Å². The molecule has 0 spiro atoms. The molecule has 19 heavy (non-hydrogen) atoms. The molecule has 2 heterocycles. The minimum atomic E-state index is -0.573. The van der Waals surface area contributed by atoms with E-state index in [1.807, 2.05) is 0 Å². The van der Waals surface area contributed by atoms with Gasteiger partial charge in [0.25, 0.3) is 5.91 Å². The number of oxazole rings is 1. The Bertz CT molecular complexity index is 597. The first-order valence-electron chi connectivity index (χ1n) is 5.63. The summed E-state index contributed by atoms with van der Waals surface area (Å²) in [5.41, 5.74) is 0.130. The van der Waals surface area contributed by atoms with Gasteiger partial charge in [0.1, 0.15) is 17.4 Å². The third-order valence-electron chi connectivity index (χ3n) is 2.41. The van der Waals surface area contributed by atoms with Crippen LogP contribution in [0, 0.1) is 12.7 Å². The summed E-state index contributed by atoms with van der Waals surface area (Å²) >= 11 is 0. The number of aromatic nitrogens is 2. The number of amides is 1. The van der Waals surface area contributed by atoms with Crippen molar-refractivity contribution in [3.63, 3.8) is 0 Å². The first-order valence-corrected chi connectivity index (χ1v) is 5.63. The summed E-state index contributed by atoms with van der Waals surface area (Å²) in [6, 6.07) is 1.12. The van der Waals surface area contributed by atoms with Crippen molar-refractivity contribution in [3.05, 3.63) is 41.5 Å². The molecule has 6 nitrogen and oxygen atoms in total. The first kappa shape index (κ1) is 13.0. The summed E-state index contributed by atoms with van der Waals surface area (Å²) in [5, 5.41) is 5.32. The van der Waals surface area contributed by atoms with E-state index >= 15 is 0 Å². The lowest BCUT2D eigenvalue weighted by atomic mass is 10.2.